The fraction of sp³-hybridized carbons (Fsp3) is 0.500. The number of hydrogen-bond donors (Lipinski definition) is 1. The topological polar surface area (TPSA) is 37.3 Å². The van der Waals surface area contributed by atoms with Gasteiger partial charge in [0.05, 0.1) is 9.21 Å². The van der Waals surface area contributed by atoms with Crippen molar-refractivity contribution in [2.24, 2.45) is 0 Å². The van der Waals surface area contributed by atoms with Gasteiger partial charge in [0.25, 0.3) is 0 Å². The molecule has 1 saturated carbocycles. The van der Waals surface area contributed by atoms with Gasteiger partial charge in [0.2, 0.25) is 5.78 Å². The van der Waals surface area contributed by atoms with Crippen LogP contribution < -0.4 is 0 Å². The SMILES string of the molecule is O=C(c1ccc(Cl)s1)C1(O)CCCC1. The van der Waals surface area contributed by atoms with Gasteiger partial charge in [-0.3, -0.25) is 4.79 Å². The van der Waals surface area contributed by atoms with E-state index in [1.165, 1.54) is 11.3 Å². The molecule has 0 bridgehead atoms. The molecule has 1 aromatic rings. The second-order valence-electron chi connectivity index (χ2n) is 3.67. The van der Waals surface area contributed by atoms with E-state index in [2.05, 4.69) is 0 Å². The number of carbonyl (C=O) groups is 1. The maximum absolute atomic E-state index is 11.9. The summed E-state index contributed by atoms with van der Waals surface area (Å²) in [7, 11) is 0. The average Bonchev–Trinajstić information content (AvgIpc) is 2.74. The quantitative estimate of drug-likeness (QED) is 0.794. The van der Waals surface area contributed by atoms with Crippen LogP contribution in [0.4, 0.5) is 0 Å². The highest BCUT2D eigenvalue weighted by atomic mass is 35.5. The second kappa shape index (κ2) is 3.65. The summed E-state index contributed by atoms with van der Waals surface area (Å²) in [6, 6.07) is 3.38. The lowest BCUT2D eigenvalue weighted by atomic mass is 9.96. The molecule has 0 radical (unpaired) electrons. The van der Waals surface area contributed by atoms with E-state index in [1.54, 1.807) is 12.1 Å². The Labute approximate surface area is 91.5 Å². The van der Waals surface area contributed by atoms with E-state index < -0.39 is 5.60 Å². The molecule has 0 unspecified atom stereocenters. The molecule has 0 spiro atoms. The fourth-order valence-corrected chi connectivity index (χ4v) is 2.93. The Hall–Kier alpha value is -0.380. The monoisotopic (exact) mass is 230 g/mol. The van der Waals surface area contributed by atoms with Crippen molar-refractivity contribution in [1.82, 2.24) is 0 Å². The van der Waals surface area contributed by atoms with E-state index in [-0.39, 0.29) is 5.78 Å². The summed E-state index contributed by atoms with van der Waals surface area (Å²) < 4.78 is 0.593. The maximum Gasteiger partial charge on any atom is 0.204 e. The molecule has 14 heavy (non-hydrogen) atoms. The van der Waals surface area contributed by atoms with Crippen LogP contribution in [0.2, 0.25) is 4.34 Å². The van der Waals surface area contributed by atoms with Crippen LogP contribution >= 0.6 is 22.9 Å². The first-order valence-corrected chi connectivity index (χ1v) is 5.84. The van der Waals surface area contributed by atoms with Crippen LogP contribution in [0, 0.1) is 0 Å². The molecule has 0 atom stereocenters. The smallest absolute Gasteiger partial charge is 0.204 e. The second-order valence-corrected chi connectivity index (χ2v) is 5.39. The van der Waals surface area contributed by atoms with Gasteiger partial charge >= 0.3 is 0 Å². The van der Waals surface area contributed by atoms with Gasteiger partial charge in [-0.2, -0.15) is 0 Å². The lowest BCUT2D eigenvalue weighted by Crippen LogP contribution is -2.34. The van der Waals surface area contributed by atoms with Crippen molar-refractivity contribution < 1.29 is 9.90 Å². The highest BCUT2D eigenvalue weighted by molar-refractivity contribution is 7.18. The lowest BCUT2D eigenvalue weighted by Gasteiger charge is -2.18. The number of rotatable bonds is 2. The first-order valence-electron chi connectivity index (χ1n) is 4.64. The summed E-state index contributed by atoms with van der Waals surface area (Å²) in [5, 5.41) is 10.0. The predicted octanol–water partition coefficient (Wildman–Crippen LogP) is 2.89. The summed E-state index contributed by atoms with van der Waals surface area (Å²) in [6.45, 7) is 0. The van der Waals surface area contributed by atoms with Gasteiger partial charge in [0.15, 0.2) is 0 Å². The molecule has 0 amide bonds. The molecule has 1 heterocycles. The van der Waals surface area contributed by atoms with Crippen molar-refractivity contribution in [3.05, 3.63) is 21.3 Å². The Morgan fingerprint density at radius 1 is 1.43 bits per heavy atom. The molecule has 76 valence electrons. The summed E-state index contributed by atoms with van der Waals surface area (Å²) >= 11 is 6.98. The van der Waals surface area contributed by atoms with Crippen LogP contribution in [0.5, 0.6) is 0 Å². The number of Topliss-reactive ketones (excluding diaryl/α,β-unsaturated/α-hetero) is 1. The predicted molar refractivity (Wildman–Crippen MR) is 57.1 cm³/mol. The summed E-state index contributed by atoms with van der Waals surface area (Å²) in [6.07, 6.45) is 3.03. The summed E-state index contributed by atoms with van der Waals surface area (Å²) in [5.74, 6) is -0.160. The van der Waals surface area contributed by atoms with Crippen molar-refractivity contribution in [3.8, 4) is 0 Å². The zero-order valence-corrected chi connectivity index (χ0v) is 9.20. The number of thiophene rings is 1. The van der Waals surface area contributed by atoms with Crippen LogP contribution in [0.1, 0.15) is 35.4 Å². The molecule has 1 N–H and O–H groups in total. The van der Waals surface area contributed by atoms with E-state index in [9.17, 15) is 9.90 Å². The maximum atomic E-state index is 11.9. The van der Waals surface area contributed by atoms with Crippen molar-refractivity contribution in [2.75, 3.05) is 0 Å². The first kappa shape index (κ1) is 10.1. The van der Waals surface area contributed by atoms with Gasteiger partial charge < -0.3 is 5.11 Å². The molecule has 0 aliphatic heterocycles. The number of ketones is 1. The third-order valence-electron chi connectivity index (χ3n) is 2.65. The minimum absolute atomic E-state index is 0.160. The fourth-order valence-electron chi connectivity index (χ4n) is 1.85. The molecule has 1 aliphatic carbocycles. The number of hydrogen-bond acceptors (Lipinski definition) is 3. The molecule has 2 nitrogen and oxygen atoms in total. The molecule has 0 saturated heterocycles. The molecule has 0 aromatic carbocycles. The number of aliphatic hydroxyl groups is 1. The average molecular weight is 231 g/mol. The molecular weight excluding hydrogens is 220 g/mol. The van der Waals surface area contributed by atoms with Crippen molar-refractivity contribution >= 4 is 28.7 Å². The van der Waals surface area contributed by atoms with E-state index >= 15 is 0 Å². The zero-order chi connectivity index (χ0) is 10.2. The van der Waals surface area contributed by atoms with Gasteiger partial charge in [-0.25, -0.2) is 0 Å². The van der Waals surface area contributed by atoms with Gasteiger partial charge in [-0.15, -0.1) is 11.3 Å². The number of carbonyl (C=O) groups excluding carboxylic acids is 1. The normalized spacial score (nSPS) is 19.9. The number of halogens is 1. The van der Waals surface area contributed by atoms with Crippen LogP contribution in [0.15, 0.2) is 12.1 Å². The first-order chi connectivity index (χ1) is 6.62. The van der Waals surface area contributed by atoms with E-state index in [1.807, 2.05) is 0 Å². The van der Waals surface area contributed by atoms with Crippen LogP contribution in [-0.4, -0.2) is 16.5 Å². The Morgan fingerprint density at radius 2 is 2.07 bits per heavy atom. The van der Waals surface area contributed by atoms with Crippen LogP contribution in [0.25, 0.3) is 0 Å². The van der Waals surface area contributed by atoms with Crippen LogP contribution in [0.3, 0.4) is 0 Å². The molecule has 1 fully saturated rings. The summed E-state index contributed by atoms with van der Waals surface area (Å²) in [4.78, 5) is 12.5. The largest absolute Gasteiger partial charge is 0.382 e. The third-order valence-corrected chi connectivity index (χ3v) is 3.88. The Balaban J connectivity index is 2.23. The van der Waals surface area contributed by atoms with Crippen molar-refractivity contribution in [1.29, 1.82) is 0 Å². The Kier molecular flexibility index (Phi) is 2.64. The minimum Gasteiger partial charge on any atom is -0.382 e. The van der Waals surface area contributed by atoms with Crippen LogP contribution in [-0.2, 0) is 0 Å². The minimum atomic E-state index is -1.12. The Morgan fingerprint density at radius 3 is 2.57 bits per heavy atom. The molecule has 4 heteroatoms. The van der Waals surface area contributed by atoms with E-state index in [0.717, 1.165) is 12.8 Å². The third kappa shape index (κ3) is 1.72. The van der Waals surface area contributed by atoms with E-state index in [0.29, 0.717) is 22.1 Å². The highest BCUT2D eigenvalue weighted by Crippen LogP contribution is 2.34. The van der Waals surface area contributed by atoms with Gasteiger partial charge in [0, 0.05) is 0 Å². The molecule has 1 aromatic heterocycles. The molecule has 2 rings (SSSR count). The highest BCUT2D eigenvalue weighted by Gasteiger charge is 2.39. The molecule has 1 aliphatic rings. The van der Waals surface area contributed by atoms with Gasteiger partial charge in [-0.05, 0) is 37.8 Å². The molecular formula is C10H11ClO2S. The van der Waals surface area contributed by atoms with Crippen molar-refractivity contribution in [3.63, 3.8) is 0 Å². The Bertz CT molecular complexity index is 353. The van der Waals surface area contributed by atoms with Gasteiger partial charge in [0.1, 0.15) is 5.60 Å². The summed E-state index contributed by atoms with van der Waals surface area (Å²) in [5.41, 5.74) is -1.12. The standard InChI is InChI=1S/C10H11ClO2S/c11-8-4-3-7(14-8)9(12)10(13)5-1-2-6-10/h3-4,13H,1-2,5-6H2. The van der Waals surface area contributed by atoms with Crippen molar-refractivity contribution in [2.45, 2.75) is 31.3 Å². The zero-order valence-electron chi connectivity index (χ0n) is 7.62. The van der Waals surface area contributed by atoms with E-state index in [4.69, 9.17) is 11.6 Å². The van der Waals surface area contributed by atoms with Gasteiger partial charge in [-0.1, -0.05) is 11.6 Å². The lowest BCUT2D eigenvalue weighted by molar-refractivity contribution is 0.0357.